The molecule has 0 saturated heterocycles. The fraction of sp³-hybridized carbons (Fsp3) is 0.250. The van der Waals surface area contributed by atoms with E-state index in [0.29, 0.717) is 5.82 Å². The molecule has 22 heavy (non-hydrogen) atoms. The normalized spacial score (nSPS) is 14.1. The van der Waals surface area contributed by atoms with Gasteiger partial charge in [-0.15, -0.1) is 11.3 Å². The largest absolute Gasteiger partial charge is 0.337 e. The Morgan fingerprint density at radius 1 is 1.09 bits per heavy atom. The molecule has 0 aliphatic heterocycles. The van der Waals surface area contributed by atoms with Crippen LogP contribution in [0.2, 0.25) is 0 Å². The predicted octanol–water partition coefficient (Wildman–Crippen LogP) is 4.59. The zero-order chi connectivity index (χ0) is 15.1. The third-order valence-electron chi connectivity index (χ3n) is 3.94. The standard InChI is InChI=1S/C16H13F2N3S/c17-9-5-6-12(11(18)7-9)21-15-14-10-3-1-2-4-13(10)22-16(14)20-8-19-15/h5-8H,1-4H2,(H,19,20,21). The van der Waals surface area contributed by atoms with Crippen LogP contribution in [0.4, 0.5) is 20.3 Å². The quantitative estimate of drug-likeness (QED) is 0.751. The van der Waals surface area contributed by atoms with Crippen LogP contribution < -0.4 is 5.32 Å². The molecule has 0 fully saturated rings. The van der Waals surface area contributed by atoms with Gasteiger partial charge in [-0.2, -0.15) is 0 Å². The first-order chi connectivity index (χ1) is 10.7. The van der Waals surface area contributed by atoms with Gasteiger partial charge in [0.05, 0.1) is 11.1 Å². The lowest BCUT2D eigenvalue weighted by atomic mass is 9.97. The summed E-state index contributed by atoms with van der Waals surface area (Å²) in [7, 11) is 0. The van der Waals surface area contributed by atoms with Crippen molar-refractivity contribution >= 4 is 33.1 Å². The van der Waals surface area contributed by atoms with Crippen LogP contribution in [0.3, 0.4) is 0 Å². The minimum atomic E-state index is -0.629. The minimum Gasteiger partial charge on any atom is -0.337 e. The van der Waals surface area contributed by atoms with E-state index >= 15 is 0 Å². The number of rotatable bonds is 2. The molecule has 2 heterocycles. The molecular formula is C16H13F2N3S. The van der Waals surface area contributed by atoms with Gasteiger partial charge in [0.1, 0.15) is 28.6 Å². The van der Waals surface area contributed by atoms with Crippen LogP contribution >= 0.6 is 11.3 Å². The van der Waals surface area contributed by atoms with Crippen LogP contribution in [0.5, 0.6) is 0 Å². The Bertz CT molecular complexity index is 860. The van der Waals surface area contributed by atoms with Crippen molar-refractivity contribution in [2.45, 2.75) is 25.7 Å². The molecular weight excluding hydrogens is 304 g/mol. The van der Waals surface area contributed by atoms with E-state index in [0.717, 1.165) is 35.5 Å². The van der Waals surface area contributed by atoms with Gasteiger partial charge >= 0.3 is 0 Å². The van der Waals surface area contributed by atoms with Gasteiger partial charge < -0.3 is 5.32 Å². The molecule has 4 rings (SSSR count). The van der Waals surface area contributed by atoms with Crippen molar-refractivity contribution in [3.05, 3.63) is 46.6 Å². The number of anilines is 2. The van der Waals surface area contributed by atoms with E-state index in [1.807, 2.05) is 0 Å². The summed E-state index contributed by atoms with van der Waals surface area (Å²) in [6, 6.07) is 3.48. The van der Waals surface area contributed by atoms with E-state index in [9.17, 15) is 8.78 Å². The van der Waals surface area contributed by atoms with Crippen LogP contribution in [0.15, 0.2) is 24.5 Å². The van der Waals surface area contributed by atoms with E-state index in [1.165, 1.54) is 35.3 Å². The fourth-order valence-electron chi connectivity index (χ4n) is 2.90. The lowest BCUT2D eigenvalue weighted by Gasteiger charge is -2.12. The summed E-state index contributed by atoms with van der Waals surface area (Å²) in [6.07, 6.45) is 5.90. The minimum absolute atomic E-state index is 0.220. The molecule has 6 heteroatoms. The highest BCUT2D eigenvalue weighted by atomic mass is 32.1. The third-order valence-corrected chi connectivity index (χ3v) is 5.14. The molecule has 0 saturated carbocycles. The highest BCUT2D eigenvalue weighted by molar-refractivity contribution is 7.19. The second-order valence-electron chi connectivity index (χ2n) is 5.36. The molecule has 0 radical (unpaired) electrons. The zero-order valence-electron chi connectivity index (χ0n) is 11.7. The summed E-state index contributed by atoms with van der Waals surface area (Å²) in [4.78, 5) is 10.9. The lowest BCUT2D eigenvalue weighted by molar-refractivity contribution is 0.586. The summed E-state index contributed by atoms with van der Waals surface area (Å²) < 4.78 is 26.9. The lowest BCUT2D eigenvalue weighted by Crippen LogP contribution is -2.02. The zero-order valence-corrected chi connectivity index (χ0v) is 12.5. The molecule has 112 valence electrons. The maximum Gasteiger partial charge on any atom is 0.149 e. The third kappa shape index (κ3) is 2.23. The van der Waals surface area contributed by atoms with E-state index < -0.39 is 11.6 Å². The number of hydrogen-bond donors (Lipinski definition) is 1. The fourth-order valence-corrected chi connectivity index (χ4v) is 4.13. The Balaban J connectivity index is 1.83. The van der Waals surface area contributed by atoms with Gasteiger partial charge in [-0.05, 0) is 43.4 Å². The number of hydrogen-bond acceptors (Lipinski definition) is 4. The first-order valence-electron chi connectivity index (χ1n) is 7.19. The first-order valence-corrected chi connectivity index (χ1v) is 8.01. The monoisotopic (exact) mass is 317 g/mol. The van der Waals surface area contributed by atoms with Crippen LogP contribution in [-0.2, 0) is 12.8 Å². The molecule has 0 bridgehead atoms. The van der Waals surface area contributed by atoms with Gasteiger partial charge in [0.25, 0.3) is 0 Å². The molecule has 0 atom stereocenters. The summed E-state index contributed by atoms with van der Waals surface area (Å²) >= 11 is 1.69. The summed E-state index contributed by atoms with van der Waals surface area (Å²) in [5, 5.41) is 3.97. The van der Waals surface area contributed by atoms with Crippen LogP contribution in [0, 0.1) is 11.6 Å². The molecule has 1 aliphatic carbocycles. The van der Waals surface area contributed by atoms with Crippen LogP contribution in [0.25, 0.3) is 10.2 Å². The maximum absolute atomic E-state index is 13.9. The van der Waals surface area contributed by atoms with Crippen molar-refractivity contribution in [3.8, 4) is 0 Å². The summed E-state index contributed by atoms with van der Waals surface area (Å²) in [5.41, 5.74) is 1.49. The van der Waals surface area contributed by atoms with Crippen LogP contribution in [0.1, 0.15) is 23.3 Å². The number of nitrogens with zero attached hydrogens (tertiary/aromatic N) is 2. The average molecular weight is 317 g/mol. The smallest absolute Gasteiger partial charge is 0.149 e. The Morgan fingerprint density at radius 2 is 1.95 bits per heavy atom. The van der Waals surface area contributed by atoms with Crippen molar-refractivity contribution in [2.24, 2.45) is 0 Å². The Kier molecular flexibility index (Phi) is 3.26. The first kappa shape index (κ1) is 13.6. The Labute approximate surface area is 130 Å². The molecule has 1 aromatic carbocycles. The molecule has 2 aromatic heterocycles. The van der Waals surface area contributed by atoms with Crippen molar-refractivity contribution in [3.63, 3.8) is 0 Å². The van der Waals surface area contributed by atoms with Crippen molar-refractivity contribution in [2.75, 3.05) is 5.32 Å². The summed E-state index contributed by atoms with van der Waals surface area (Å²) in [5.74, 6) is -0.630. The van der Waals surface area contributed by atoms with E-state index in [1.54, 1.807) is 11.3 Å². The number of aromatic nitrogens is 2. The molecule has 0 amide bonds. The van der Waals surface area contributed by atoms with Crippen molar-refractivity contribution < 1.29 is 8.78 Å². The number of benzene rings is 1. The SMILES string of the molecule is Fc1ccc(Nc2ncnc3sc4c(c23)CCCC4)c(F)c1. The van der Waals surface area contributed by atoms with Gasteiger partial charge in [0.2, 0.25) is 0 Å². The number of halogens is 2. The number of thiophene rings is 1. The van der Waals surface area contributed by atoms with Crippen molar-refractivity contribution in [1.29, 1.82) is 0 Å². The van der Waals surface area contributed by atoms with E-state index in [4.69, 9.17) is 0 Å². The summed E-state index contributed by atoms with van der Waals surface area (Å²) in [6.45, 7) is 0. The molecule has 0 unspecified atom stereocenters. The van der Waals surface area contributed by atoms with Gasteiger partial charge in [-0.3, -0.25) is 0 Å². The average Bonchev–Trinajstić information content (AvgIpc) is 2.89. The second-order valence-corrected chi connectivity index (χ2v) is 6.45. The van der Waals surface area contributed by atoms with E-state index in [-0.39, 0.29) is 5.69 Å². The molecule has 3 aromatic rings. The molecule has 3 nitrogen and oxygen atoms in total. The Hall–Kier alpha value is -2.08. The highest BCUT2D eigenvalue weighted by Crippen LogP contribution is 2.39. The van der Waals surface area contributed by atoms with Gasteiger partial charge in [0.15, 0.2) is 0 Å². The van der Waals surface area contributed by atoms with E-state index in [2.05, 4.69) is 15.3 Å². The maximum atomic E-state index is 13.9. The van der Waals surface area contributed by atoms with Gasteiger partial charge in [-0.1, -0.05) is 0 Å². The molecule has 1 N–H and O–H groups in total. The van der Waals surface area contributed by atoms with Crippen molar-refractivity contribution in [1.82, 2.24) is 9.97 Å². The number of nitrogens with one attached hydrogen (secondary N) is 1. The van der Waals surface area contributed by atoms with Gasteiger partial charge in [0, 0.05) is 10.9 Å². The topological polar surface area (TPSA) is 37.8 Å². The number of fused-ring (bicyclic) bond motifs is 3. The molecule has 0 spiro atoms. The highest BCUT2D eigenvalue weighted by Gasteiger charge is 2.20. The van der Waals surface area contributed by atoms with Crippen LogP contribution in [-0.4, -0.2) is 9.97 Å². The molecule has 1 aliphatic rings. The van der Waals surface area contributed by atoms with Gasteiger partial charge in [-0.25, -0.2) is 18.7 Å². The number of aryl methyl sites for hydroxylation is 2. The second kappa shape index (κ2) is 5.28. The predicted molar refractivity (Wildman–Crippen MR) is 83.7 cm³/mol. The Morgan fingerprint density at radius 3 is 2.82 bits per heavy atom.